The summed E-state index contributed by atoms with van der Waals surface area (Å²) in [6.45, 7) is 6.63. The Labute approximate surface area is 175 Å². The lowest BCUT2D eigenvalue weighted by Crippen LogP contribution is -2.49. The lowest BCUT2D eigenvalue weighted by atomic mass is 9.77. The Kier molecular flexibility index (Phi) is 5.53. The summed E-state index contributed by atoms with van der Waals surface area (Å²) in [6, 6.07) is 26.8. The third-order valence-electron chi connectivity index (χ3n) is 5.53. The molecule has 0 amide bonds. The standard InChI is InChI=1S/C26H27O2Si/c1-26(2,3)23-16-10-15-22-21(23)17-18-24(25(22)27)28-29(19-11-6-4-7-12-19)20-13-8-5-9-14-20/h4-16,24H,17-18H2,1-3H3. The first-order chi connectivity index (χ1) is 13.9. The van der Waals surface area contributed by atoms with Gasteiger partial charge < -0.3 is 4.43 Å². The molecule has 3 aromatic carbocycles. The molecule has 1 aliphatic carbocycles. The van der Waals surface area contributed by atoms with Crippen LogP contribution in [-0.2, 0) is 16.3 Å². The molecule has 0 aromatic heterocycles. The van der Waals surface area contributed by atoms with Crippen molar-refractivity contribution in [2.45, 2.75) is 45.1 Å². The van der Waals surface area contributed by atoms with Gasteiger partial charge in [0, 0.05) is 5.56 Å². The van der Waals surface area contributed by atoms with E-state index in [1.54, 1.807) is 0 Å². The van der Waals surface area contributed by atoms with Gasteiger partial charge in [0.05, 0.1) is 0 Å². The second-order valence-corrected chi connectivity index (χ2v) is 10.7. The van der Waals surface area contributed by atoms with Crippen LogP contribution < -0.4 is 10.4 Å². The van der Waals surface area contributed by atoms with Crippen molar-refractivity contribution < 1.29 is 9.22 Å². The van der Waals surface area contributed by atoms with Gasteiger partial charge in [-0.05, 0) is 39.8 Å². The molecule has 0 saturated carbocycles. The largest absolute Gasteiger partial charge is 0.397 e. The van der Waals surface area contributed by atoms with Gasteiger partial charge in [0.1, 0.15) is 6.10 Å². The van der Waals surface area contributed by atoms with E-state index in [4.69, 9.17) is 4.43 Å². The molecule has 0 N–H and O–H groups in total. The molecule has 1 atom stereocenters. The summed E-state index contributed by atoms with van der Waals surface area (Å²) in [4.78, 5) is 13.4. The molecule has 1 aliphatic rings. The van der Waals surface area contributed by atoms with Crippen LogP contribution >= 0.6 is 0 Å². The Bertz CT molecular complexity index is 951. The number of Topliss-reactive ketones (excluding diaryl/α,β-unsaturated/α-hetero) is 1. The molecule has 0 spiro atoms. The van der Waals surface area contributed by atoms with Crippen molar-refractivity contribution in [3.8, 4) is 0 Å². The Hall–Kier alpha value is -2.49. The van der Waals surface area contributed by atoms with Crippen LogP contribution in [0.2, 0.25) is 0 Å². The summed E-state index contributed by atoms with van der Waals surface area (Å²) in [7, 11) is -1.49. The first-order valence-corrected chi connectivity index (χ1v) is 11.7. The van der Waals surface area contributed by atoms with E-state index in [9.17, 15) is 4.79 Å². The molecule has 3 aromatic rings. The fourth-order valence-electron chi connectivity index (χ4n) is 4.11. The van der Waals surface area contributed by atoms with Crippen molar-refractivity contribution in [2.24, 2.45) is 0 Å². The molecular formula is C26H27O2Si. The monoisotopic (exact) mass is 399 g/mol. The number of hydrogen-bond donors (Lipinski definition) is 0. The maximum atomic E-state index is 13.4. The highest BCUT2D eigenvalue weighted by Crippen LogP contribution is 2.33. The third-order valence-corrected chi connectivity index (χ3v) is 7.77. The lowest BCUT2D eigenvalue weighted by Gasteiger charge is -2.31. The smallest absolute Gasteiger partial charge is 0.283 e. The summed E-state index contributed by atoms with van der Waals surface area (Å²) in [6.07, 6.45) is 1.25. The van der Waals surface area contributed by atoms with Gasteiger partial charge in [-0.3, -0.25) is 4.79 Å². The highest BCUT2D eigenvalue weighted by Gasteiger charge is 2.34. The van der Waals surface area contributed by atoms with Crippen molar-refractivity contribution in [1.29, 1.82) is 0 Å². The Balaban J connectivity index is 1.66. The summed E-state index contributed by atoms with van der Waals surface area (Å²) in [5, 5.41) is 2.34. The van der Waals surface area contributed by atoms with Gasteiger partial charge in [-0.15, -0.1) is 0 Å². The molecule has 0 saturated heterocycles. The van der Waals surface area contributed by atoms with Crippen molar-refractivity contribution in [2.75, 3.05) is 0 Å². The van der Waals surface area contributed by atoms with E-state index in [1.807, 2.05) is 48.5 Å². The number of ketones is 1. The van der Waals surface area contributed by atoms with Crippen LogP contribution in [0.3, 0.4) is 0 Å². The molecule has 0 heterocycles. The van der Waals surface area contributed by atoms with E-state index in [0.717, 1.165) is 18.4 Å². The molecule has 2 nitrogen and oxygen atoms in total. The summed E-state index contributed by atoms with van der Waals surface area (Å²) in [5.74, 6) is 0.131. The van der Waals surface area contributed by atoms with Gasteiger partial charge >= 0.3 is 0 Å². The fourth-order valence-corrected chi connectivity index (χ4v) is 6.21. The van der Waals surface area contributed by atoms with Crippen molar-refractivity contribution >= 4 is 25.2 Å². The van der Waals surface area contributed by atoms with Crippen LogP contribution in [0.25, 0.3) is 0 Å². The molecule has 0 bridgehead atoms. The van der Waals surface area contributed by atoms with Gasteiger partial charge in [0.25, 0.3) is 9.04 Å². The van der Waals surface area contributed by atoms with Gasteiger partial charge in [-0.2, -0.15) is 0 Å². The number of fused-ring (bicyclic) bond motifs is 1. The van der Waals surface area contributed by atoms with Crippen LogP contribution in [0.15, 0.2) is 78.9 Å². The predicted molar refractivity (Wildman–Crippen MR) is 121 cm³/mol. The van der Waals surface area contributed by atoms with Gasteiger partial charge in [0.2, 0.25) is 0 Å². The van der Waals surface area contributed by atoms with E-state index in [1.165, 1.54) is 21.5 Å². The molecule has 1 unspecified atom stereocenters. The fraction of sp³-hybridized carbons (Fsp3) is 0.269. The molecule has 1 radical (unpaired) electrons. The molecule has 0 fully saturated rings. The molecule has 3 heteroatoms. The zero-order valence-corrected chi connectivity index (χ0v) is 18.3. The van der Waals surface area contributed by atoms with Crippen molar-refractivity contribution in [1.82, 2.24) is 0 Å². The van der Waals surface area contributed by atoms with E-state index < -0.39 is 9.04 Å². The third kappa shape index (κ3) is 4.12. The van der Waals surface area contributed by atoms with Crippen molar-refractivity contribution in [3.63, 3.8) is 0 Å². The minimum Gasteiger partial charge on any atom is -0.397 e. The Morgan fingerprint density at radius 2 is 1.41 bits per heavy atom. The van der Waals surface area contributed by atoms with E-state index >= 15 is 0 Å². The Morgan fingerprint density at radius 3 is 1.97 bits per heavy atom. The van der Waals surface area contributed by atoms with E-state index in [-0.39, 0.29) is 17.3 Å². The Morgan fingerprint density at radius 1 is 0.828 bits per heavy atom. The zero-order chi connectivity index (χ0) is 20.4. The molecule has 0 aliphatic heterocycles. The first kappa shape index (κ1) is 19.8. The van der Waals surface area contributed by atoms with Crippen LogP contribution in [0.5, 0.6) is 0 Å². The maximum Gasteiger partial charge on any atom is 0.283 e. The second-order valence-electron chi connectivity index (χ2n) is 8.65. The summed E-state index contributed by atoms with van der Waals surface area (Å²) >= 11 is 0. The summed E-state index contributed by atoms with van der Waals surface area (Å²) in [5.41, 5.74) is 3.36. The van der Waals surface area contributed by atoms with Crippen LogP contribution in [0.4, 0.5) is 0 Å². The molecule has 29 heavy (non-hydrogen) atoms. The van der Waals surface area contributed by atoms with E-state index in [0.29, 0.717) is 0 Å². The number of carbonyl (C=O) groups excluding carboxylic acids is 1. The maximum absolute atomic E-state index is 13.4. The lowest BCUT2D eigenvalue weighted by molar-refractivity contribution is 0.0765. The van der Waals surface area contributed by atoms with Gasteiger partial charge in [-0.25, -0.2) is 0 Å². The van der Waals surface area contributed by atoms with E-state index in [2.05, 4.69) is 51.1 Å². The average molecular weight is 400 g/mol. The predicted octanol–water partition coefficient (Wildman–Crippen LogP) is 4.30. The van der Waals surface area contributed by atoms with Crippen molar-refractivity contribution in [3.05, 3.63) is 95.6 Å². The topological polar surface area (TPSA) is 26.3 Å². The number of hydrogen-bond acceptors (Lipinski definition) is 2. The minimum atomic E-state index is -1.49. The second kappa shape index (κ2) is 8.09. The van der Waals surface area contributed by atoms with Crippen LogP contribution in [0, 0.1) is 0 Å². The zero-order valence-electron chi connectivity index (χ0n) is 17.3. The molecule has 147 valence electrons. The minimum absolute atomic E-state index is 0.0301. The highest BCUT2D eigenvalue weighted by atomic mass is 28.3. The number of carbonyl (C=O) groups is 1. The molecular weight excluding hydrogens is 372 g/mol. The quantitative estimate of drug-likeness (QED) is 0.611. The highest BCUT2D eigenvalue weighted by molar-refractivity contribution is 6.80. The number of rotatable bonds is 4. The SMILES string of the molecule is CC(C)(C)c1cccc2c1CCC(O[Si](c1ccccc1)c1ccccc1)C2=O. The van der Waals surface area contributed by atoms with Crippen LogP contribution in [-0.4, -0.2) is 20.9 Å². The van der Waals surface area contributed by atoms with Gasteiger partial charge in [-0.1, -0.05) is 99.6 Å². The summed E-state index contributed by atoms with van der Waals surface area (Å²) < 4.78 is 6.61. The molecule has 4 rings (SSSR count). The normalized spacial score (nSPS) is 16.7. The number of benzene rings is 3. The average Bonchev–Trinajstić information content (AvgIpc) is 2.73. The van der Waals surface area contributed by atoms with Crippen LogP contribution in [0.1, 0.15) is 48.7 Å². The van der Waals surface area contributed by atoms with Gasteiger partial charge in [0.15, 0.2) is 5.78 Å². The first-order valence-electron chi connectivity index (χ1n) is 10.3.